The Balaban J connectivity index is 0.000000465. The van der Waals surface area contributed by atoms with Gasteiger partial charge in [-0.3, -0.25) is 0 Å². The average Bonchev–Trinajstić information content (AvgIpc) is 3.47. The molecule has 0 aliphatic heterocycles. The first-order valence-corrected chi connectivity index (χ1v) is 11.3. The maximum atomic E-state index is 8.08. The molecule has 0 unspecified atom stereocenters. The second kappa shape index (κ2) is 12.3. The molecule has 31 heavy (non-hydrogen) atoms. The highest BCUT2D eigenvalue weighted by molar-refractivity contribution is 6.38. The lowest BCUT2D eigenvalue weighted by Crippen LogP contribution is -2.15. The number of tetrazole rings is 1. The van der Waals surface area contributed by atoms with Crippen LogP contribution in [0.2, 0.25) is 10.2 Å². The topological polar surface area (TPSA) is 126 Å². The van der Waals surface area contributed by atoms with Gasteiger partial charge in [-0.15, -0.1) is 10.2 Å². The van der Waals surface area contributed by atoms with E-state index >= 15 is 0 Å². The van der Waals surface area contributed by atoms with Gasteiger partial charge in [0.1, 0.15) is 10.7 Å². The average molecular weight is 474 g/mol. The standard InChI is InChI=1S/C13H13Cl2N7.C3H8O2.2C2H6/c1-6-9(14)10-13(17-11(6)15)22(5-16-10)8-3-2-7(4-8)12-18-20-21-19-12;1-3(2,4)5;2*1-2/h5,7-8H,2-4H2,1H3,(H,18,19,20,21);4-5H,1-2H3;2*1-2H3/t7-,8+;;;/m1.../s1. The molecule has 3 aromatic heterocycles. The molecule has 11 heteroatoms. The number of H-pyrrole nitrogens is 1. The number of rotatable bonds is 2. The first-order valence-electron chi connectivity index (χ1n) is 10.5. The molecule has 1 fully saturated rings. The minimum absolute atomic E-state index is 0.288. The molecular formula is C20H33Cl2N7O2. The lowest BCUT2D eigenvalue weighted by molar-refractivity contribution is -0.127. The summed E-state index contributed by atoms with van der Waals surface area (Å²) in [5, 5.41) is 31.5. The van der Waals surface area contributed by atoms with Crippen molar-refractivity contribution in [3.8, 4) is 0 Å². The first kappa shape index (κ1) is 27.2. The van der Waals surface area contributed by atoms with Crippen molar-refractivity contribution in [2.75, 3.05) is 0 Å². The Morgan fingerprint density at radius 1 is 1.13 bits per heavy atom. The normalized spacial score (nSPS) is 17.8. The zero-order chi connectivity index (χ0) is 23.8. The number of aromatic amines is 1. The molecule has 3 heterocycles. The molecule has 3 aromatic rings. The minimum atomic E-state index is -1.50. The molecule has 0 amide bonds. The van der Waals surface area contributed by atoms with Gasteiger partial charge in [0.25, 0.3) is 0 Å². The lowest BCUT2D eigenvalue weighted by Gasteiger charge is -2.13. The summed E-state index contributed by atoms with van der Waals surface area (Å²) in [6, 6.07) is 0.288. The fourth-order valence-corrected chi connectivity index (χ4v) is 3.57. The second-order valence-corrected chi connectivity index (χ2v) is 7.83. The quantitative estimate of drug-likeness (QED) is 0.359. The van der Waals surface area contributed by atoms with Crippen LogP contribution in [-0.4, -0.2) is 51.2 Å². The van der Waals surface area contributed by atoms with Crippen LogP contribution in [0.5, 0.6) is 0 Å². The first-order chi connectivity index (χ1) is 14.6. The molecule has 1 saturated carbocycles. The molecule has 4 rings (SSSR count). The van der Waals surface area contributed by atoms with Crippen molar-refractivity contribution >= 4 is 34.4 Å². The number of halogens is 2. The maximum Gasteiger partial charge on any atom is 0.177 e. The van der Waals surface area contributed by atoms with Crippen molar-refractivity contribution in [3.05, 3.63) is 27.9 Å². The lowest BCUT2D eigenvalue weighted by atomic mass is 10.1. The third kappa shape index (κ3) is 7.38. The van der Waals surface area contributed by atoms with Crippen molar-refractivity contribution in [1.82, 2.24) is 35.2 Å². The Morgan fingerprint density at radius 2 is 1.74 bits per heavy atom. The molecule has 0 saturated heterocycles. The molecule has 2 atom stereocenters. The molecule has 0 bridgehead atoms. The summed E-state index contributed by atoms with van der Waals surface area (Å²) in [6.45, 7) is 12.4. The van der Waals surface area contributed by atoms with Gasteiger partial charge in [-0.1, -0.05) is 56.1 Å². The Hall–Kier alpha value is -1.81. The second-order valence-electron chi connectivity index (χ2n) is 7.09. The maximum absolute atomic E-state index is 8.08. The molecule has 1 aliphatic carbocycles. The van der Waals surface area contributed by atoms with Gasteiger partial charge in [-0.2, -0.15) is 5.21 Å². The van der Waals surface area contributed by atoms with Crippen LogP contribution < -0.4 is 0 Å². The van der Waals surface area contributed by atoms with Crippen LogP contribution in [-0.2, 0) is 0 Å². The van der Waals surface area contributed by atoms with E-state index in [1.165, 1.54) is 13.8 Å². The number of pyridine rings is 1. The van der Waals surface area contributed by atoms with Gasteiger partial charge in [0.2, 0.25) is 0 Å². The van der Waals surface area contributed by atoms with Crippen LogP contribution in [0.4, 0.5) is 0 Å². The summed E-state index contributed by atoms with van der Waals surface area (Å²) in [5.41, 5.74) is 2.20. The van der Waals surface area contributed by atoms with Gasteiger partial charge < -0.3 is 14.8 Å². The van der Waals surface area contributed by atoms with E-state index in [0.29, 0.717) is 21.6 Å². The number of hydrogen-bond acceptors (Lipinski definition) is 7. The molecule has 0 radical (unpaired) electrons. The number of fused-ring (bicyclic) bond motifs is 1. The monoisotopic (exact) mass is 473 g/mol. The Labute approximate surface area is 193 Å². The molecule has 174 valence electrons. The van der Waals surface area contributed by atoms with Gasteiger partial charge in [0.15, 0.2) is 17.3 Å². The van der Waals surface area contributed by atoms with E-state index in [0.717, 1.165) is 36.3 Å². The van der Waals surface area contributed by atoms with Crippen molar-refractivity contribution in [1.29, 1.82) is 0 Å². The van der Waals surface area contributed by atoms with Gasteiger partial charge in [-0.25, -0.2) is 9.97 Å². The van der Waals surface area contributed by atoms with Crippen LogP contribution in [0.1, 0.15) is 84.2 Å². The minimum Gasteiger partial charge on any atom is -0.366 e. The van der Waals surface area contributed by atoms with E-state index in [2.05, 4.69) is 35.2 Å². The van der Waals surface area contributed by atoms with Crippen molar-refractivity contribution in [3.63, 3.8) is 0 Å². The zero-order valence-corrected chi connectivity index (χ0v) is 20.7. The van der Waals surface area contributed by atoms with E-state index in [4.69, 9.17) is 33.4 Å². The van der Waals surface area contributed by atoms with Gasteiger partial charge in [0, 0.05) is 17.5 Å². The smallest absolute Gasteiger partial charge is 0.177 e. The van der Waals surface area contributed by atoms with E-state index in [-0.39, 0.29) is 6.04 Å². The zero-order valence-electron chi connectivity index (χ0n) is 19.2. The number of nitrogens with zero attached hydrogens (tertiary/aromatic N) is 6. The summed E-state index contributed by atoms with van der Waals surface area (Å²) in [7, 11) is 0. The molecule has 0 aromatic carbocycles. The van der Waals surface area contributed by atoms with Gasteiger partial charge in [0.05, 0.1) is 11.3 Å². The molecule has 3 N–H and O–H groups in total. The predicted molar refractivity (Wildman–Crippen MR) is 123 cm³/mol. The SMILES string of the molecule is CC.CC.CC(C)(O)O.Cc1c(Cl)nc2c(ncn2[C@H]2CC[C@@H](c3nn[nH]n3)C2)c1Cl. The van der Waals surface area contributed by atoms with Crippen LogP contribution in [0.15, 0.2) is 6.33 Å². The summed E-state index contributed by atoms with van der Waals surface area (Å²) in [5.74, 6) is -0.426. The van der Waals surface area contributed by atoms with E-state index in [1.54, 1.807) is 6.33 Å². The number of nitrogens with one attached hydrogen (secondary N) is 1. The fraction of sp³-hybridized carbons (Fsp3) is 0.650. The molecule has 9 nitrogen and oxygen atoms in total. The summed E-state index contributed by atoms with van der Waals surface area (Å²) in [6.07, 6.45) is 4.74. The van der Waals surface area contributed by atoms with E-state index in [9.17, 15) is 0 Å². The highest BCUT2D eigenvalue weighted by Crippen LogP contribution is 2.41. The Bertz CT molecular complexity index is 918. The van der Waals surface area contributed by atoms with E-state index < -0.39 is 5.79 Å². The van der Waals surface area contributed by atoms with Gasteiger partial charge in [-0.05, 0) is 40.0 Å². The third-order valence-electron chi connectivity index (χ3n) is 4.34. The van der Waals surface area contributed by atoms with Crippen molar-refractivity contribution < 1.29 is 10.2 Å². The summed E-state index contributed by atoms with van der Waals surface area (Å²) < 4.78 is 2.06. The van der Waals surface area contributed by atoms with Crippen molar-refractivity contribution in [2.24, 2.45) is 0 Å². The Morgan fingerprint density at radius 3 is 2.29 bits per heavy atom. The van der Waals surface area contributed by atoms with E-state index in [1.807, 2.05) is 34.6 Å². The number of hydrogen-bond donors (Lipinski definition) is 3. The predicted octanol–water partition coefficient (Wildman–Crippen LogP) is 4.83. The van der Waals surface area contributed by atoms with Crippen LogP contribution in [0.25, 0.3) is 11.2 Å². The molecule has 1 aliphatic rings. The van der Waals surface area contributed by atoms with Gasteiger partial charge >= 0.3 is 0 Å². The highest BCUT2D eigenvalue weighted by Gasteiger charge is 2.31. The molecular weight excluding hydrogens is 441 g/mol. The fourth-order valence-electron chi connectivity index (χ4n) is 3.12. The highest BCUT2D eigenvalue weighted by atomic mass is 35.5. The third-order valence-corrected chi connectivity index (χ3v) is 5.17. The van der Waals surface area contributed by atoms with Crippen LogP contribution >= 0.6 is 23.2 Å². The summed E-state index contributed by atoms with van der Waals surface area (Å²) >= 11 is 12.5. The molecule has 0 spiro atoms. The summed E-state index contributed by atoms with van der Waals surface area (Å²) in [4.78, 5) is 8.87. The number of imidazole rings is 1. The van der Waals surface area contributed by atoms with Crippen molar-refractivity contribution in [2.45, 2.75) is 85.5 Å². The largest absolute Gasteiger partial charge is 0.366 e. The Kier molecular flexibility index (Phi) is 10.8. The number of aliphatic hydroxyl groups is 2. The number of aromatic nitrogens is 7. The van der Waals surface area contributed by atoms with Crippen LogP contribution in [0.3, 0.4) is 0 Å². The van der Waals surface area contributed by atoms with Crippen LogP contribution in [0, 0.1) is 6.92 Å².